The first kappa shape index (κ1) is 39.4. The van der Waals surface area contributed by atoms with Crippen LogP contribution in [0.2, 0.25) is 0 Å². The minimum atomic E-state index is -4.74. The second-order valence-corrected chi connectivity index (χ2v) is 12.5. The molecular weight excluding hydrogens is 688 g/mol. The zero-order valence-corrected chi connectivity index (χ0v) is 29.6. The number of nitrogens with one attached hydrogen (secondary N) is 1. The maximum atomic E-state index is 13.8. The van der Waals surface area contributed by atoms with Gasteiger partial charge in [-0.2, -0.15) is 17.6 Å². The number of esters is 2. The Balaban J connectivity index is 0.00000583. The predicted molar refractivity (Wildman–Crippen MR) is 188 cm³/mol. The molecule has 1 saturated heterocycles. The van der Waals surface area contributed by atoms with E-state index < -0.39 is 36.1 Å². The molecule has 2 aliphatic rings. The molecule has 2 aliphatic heterocycles. The number of halogens is 5. The molecule has 0 spiro atoms. The molecular formula is C39H43ClF4N2O5. The summed E-state index contributed by atoms with van der Waals surface area (Å²) in [5.41, 5.74) is 3.62. The Labute approximate surface area is 302 Å². The van der Waals surface area contributed by atoms with Gasteiger partial charge in [-0.15, -0.1) is 12.4 Å². The van der Waals surface area contributed by atoms with Gasteiger partial charge in [0, 0.05) is 23.4 Å². The van der Waals surface area contributed by atoms with Crippen LogP contribution in [0.4, 0.5) is 17.6 Å². The molecule has 1 atom stereocenters. The van der Waals surface area contributed by atoms with Gasteiger partial charge in [0.2, 0.25) is 0 Å². The topological polar surface area (TPSA) is 77.1 Å². The third-order valence-corrected chi connectivity index (χ3v) is 9.39. The van der Waals surface area contributed by atoms with Crippen LogP contribution in [0.5, 0.6) is 5.75 Å². The number of carbonyl (C=O) groups excluding carboxylic acids is 2. The highest BCUT2D eigenvalue weighted by Gasteiger charge is 2.44. The lowest BCUT2D eigenvalue weighted by Crippen LogP contribution is -2.43. The van der Waals surface area contributed by atoms with Crippen molar-refractivity contribution in [2.75, 3.05) is 32.8 Å². The van der Waals surface area contributed by atoms with Crippen LogP contribution in [-0.2, 0) is 24.5 Å². The average Bonchev–Trinajstić information content (AvgIpc) is 3.10. The summed E-state index contributed by atoms with van der Waals surface area (Å²) in [6, 6.07) is 26.2. The number of allylic oxidation sites excluding steroid dienone is 2. The van der Waals surface area contributed by atoms with Crippen molar-refractivity contribution in [1.29, 1.82) is 0 Å². The van der Waals surface area contributed by atoms with Crippen molar-refractivity contribution in [2.45, 2.75) is 63.9 Å². The normalized spacial score (nSPS) is 17.8. The molecule has 0 amide bonds. The fourth-order valence-electron chi connectivity index (χ4n) is 6.98. The first-order chi connectivity index (χ1) is 24.0. The van der Waals surface area contributed by atoms with Gasteiger partial charge in [0.25, 0.3) is 0 Å². The van der Waals surface area contributed by atoms with E-state index in [4.69, 9.17) is 9.47 Å². The number of dihydropyridines is 1. The van der Waals surface area contributed by atoms with Crippen molar-refractivity contribution in [3.63, 3.8) is 0 Å². The SMILES string of the molecule is CCOC(=O)C1=C(C)NC(C)=C(C(=O)OCCCN2CCC(c3ccccc3)(c3ccccc3)CC2)C1c1cccc(OC(F)(F)C(F)F)c1.Cl. The molecule has 0 bridgehead atoms. The summed E-state index contributed by atoms with van der Waals surface area (Å²) in [6.45, 7) is 7.47. The van der Waals surface area contributed by atoms with E-state index in [1.165, 1.54) is 23.3 Å². The standard InChI is InChI=1S/C39H42F4N2O5.ClH/c1-4-48-35(46)32-26(2)44-27(3)33(34(32)28-13-11-18-31(25-28)50-39(42,43)37(40)41)36(47)49-24-12-21-45-22-19-38(20-23-45,29-14-7-5-8-15-29)30-16-9-6-10-17-30;/h5-11,13-18,25,34,37,44H,4,12,19-24H2,1-3H3;1H. The molecule has 1 unspecified atom stereocenters. The van der Waals surface area contributed by atoms with Crippen molar-refractivity contribution in [3.05, 3.63) is 124 Å². The predicted octanol–water partition coefficient (Wildman–Crippen LogP) is 8.16. The molecule has 1 N–H and O–H groups in total. The molecule has 2 heterocycles. The molecule has 7 nitrogen and oxygen atoms in total. The molecule has 1 fully saturated rings. The zero-order valence-electron chi connectivity index (χ0n) is 28.8. The number of likely N-dealkylation sites (tertiary alicyclic amines) is 1. The maximum Gasteiger partial charge on any atom is 0.461 e. The molecule has 0 saturated carbocycles. The third kappa shape index (κ3) is 8.94. The van der Waals surface area contributed by atoms with E-state index in [0.29, 0.717) is 24.4 Å². The number of hydrogen-bond acceptors (Lipinski definition) is 7. The summed E-state index contributed by atoms with van der Waals surface area (Å²) in [4.78, 5) is 29.3. The Morgan fingerprint density at radius 3 is 1.94 bits per heavy atom. The van der Waals surface area contributed by atoms with Gasteiger partial charge in [-0.3, -0.25) is 0 Å². The lowest BCUT2D eigenvalue weighted by Gasteiger charge is -2.43. The van der Waals surface area contributed by atoms with E-state index in [2.05, 4.69) is 63.5 Å². The van der Waals surface area contributed by atoms with Gasteiger partial charge >= 0.3 is 24.5 Å². The number of rotatable bonds is 13. The van der Waals surface area contributed by atoms with Gasteiger partial charge in [-0.25, -0.2) is 9.59 Å². The molecule has 0 aromatic heterocycles. The van der Waals surface area contributed by atoms with Crippen LogP contribution in [0.25, 0.3) is 0 Å². The highest BCUT2D eigenvalue weighted by atomic mass is 35.5. The zero-order chi connectivity index (χ0) is 35.9. The summed E-state index contributed by atoms with van der Waals surface area (Å²) in [5.74, 6) is -3.08. The van der Waals surface area contributed by atoms with Crippen molar-refractivity contribution >= 4 is 24.3 Å². The average molecular weight is 731 g/mol. The second kappa shape index (κ2) is 17.2. The van der Waals surface area contributed by atoms with Gasteiger partial charge in [0.15, 0.2) is 0 Å². The van der Waals surface area contributed by atoms with Crippen LogP contribution >= 0.6 is 12.4 Å². The summed E-state index contributed by atoms with van der Waals surface area (Å²) >= 11 is 0. The lowest BCUT2D eigenvalue weighted by molar-refractivity contribution is -0.253. The Hall–Kier alpha value is -4.35. The first-order valence-electron chi connectivity index (χ1n) is 16.8. The van der Waals surface area contributed by atoms with E-state index in [9.17, 15) is 27.2 Å². The minimum Gasteiger partial charge on any atom is -0.463 e. The highest BCUT2D eigenvalue weighted by Crippen LogP contribution is 2.43. The molecule has 3 aromatic rings. The van der Waals surface area contributed by atoms with Gasteiger partial charge < -0.3 is 24.4 Å². The van der Waals surface area contributed by atoms with Crippen LogP contribution in [0, 0.1) is 0 Å². The van der Waals surface area contributed by atoms with E-state index in [1.54, 1.807) is 20.8 Å². The van der Waals surface area contributed by atoms with Crippen LogP contribution < -0.4 is 10.1 Å². The Morgan fingerprint density at radius 1 is 0.863 bits per heavy atom. The van der Waals surface area contributed by atoms with Crippen molar-refractivity contribution in [2.24, 2.45) is 0 Å². The number of nitrogens with zero attached hydrogens (tertiary/aromatic N) is 1. The van der Waals surface area contributed by atoms with E-state index in [1.807, 2.05) is 12.1 Å². The Bertz CT molecular complexity index is 1670. The smallest absolute Gasteiger partial charge is 0.461 e. The third-order valence-electron chi connectivity index (χ3n) is 9.39. The minimum absolute atomic E-state index is 0. The van der Waals surface area contributed by atoms with Crippen LogP contribution in [-0.4, -0.2) is 62.2 Å². The van der Waals surface area contributed by atoms with Crippen molar-refractivity contribution < 1.29 is 41.4 Å². The summed E-state index contributed by atoms with van der Waals surface area (Å²) < 4.78 is 68.7. The molecule has 3 aromatic carbocycles. The van der Waals surface area contributed by atoms with E-state index >= 15 is 0 Å². The highest BCUT2D eigenvalue weighted by molar-refractivity contribution is 6.00. The quantitative estimate of drug-likeness (QED) is 0.108. The molecule has 12 heteroatoms. The molecule has 51 heavy (non-hydrogen) atoms. The first-order valence-corrected chi connectivity index (χ1v) is 16.8. The molecule has 5 rings (SSSR count). The summed E-state index contributed by atoms with van der Waals surface area (Å²) in [5, 5.41) is 3.04. The van der Waals surface area contributed by atoms with Gasteiger partial charge in [-0.1, -0.05) is 72.8 Å². The molecule has 274 valence electrons. The fraction of sp³-hybridized carbons (Fsp3) is 0.385. The van der Waals surface area contributed by atoms with Crippen LogP contribution in [0.3, 0.4) is 0 Å². The lowest BCUT2D eigenvalue weighted by atomic mass is 9.68. The number of carbonyl (C=O) groups is 2. The number of piperidine rings is 1. The van der Waals surface area contributed by atoms with Crippen molar-refractivity contribution in [3.8, 4) is 5.75 Å². The largest absolute Gasteiger partial charge is 0.463 e. The van der Waals surface area contributed by atoms with Crippen LogP contribution in [0.1, 0.15) is 62.6 Å². The Morgan fingerprint density at radius 2 is 1.41 bits per heavy atom. The summed E-state index contributed by atoms with van der Waals surface area (Å²) in [7, 11) is 0. The molecule has 0 radical (unpaired) electrons. The van der Waals surface area contributed by atoms with Gasteiger partial charge in [-0.05, 0) is 81.9 Å². The Kier molecular flexibility index (Phi) is 13.3. The number of benzene rings is 3. The number of hydrogen-bond donors (Lipinski definition) is 1. The van der Waals surface area contributed by atoms with E-state index in [0.717, 1.165) is 38.1 Å². The van der Waals surface area contributed by atoms with Crippen LogP contribution in [0.15, 0.2) is 107 Å². The summed E-state index contributed by atoms with van der Waals surface area (Å²) in [6.07, 6.45) is -6.36. The van der Waals surface area contributed by atoms with Gasteiger partial charge in [0.05, 0.1) is 30.3 Å². The number of alkyl halides is 4. The monoisotopic (exact) mass is 730 g/mol. The van der Waals surface area contributed by atoms with Gasteiger partial charge in [0.1, 0.15) is 5.75 Å². The van der Waals surface area contributed by atoms with Crippen molar-refractivity contribution in [1.82, 2.24) is 10.2 Å². The van der Waals surface area contributed by atoms with E-state index in [-0.39, 0.29) is 47.7 Å². The fourth-order valence-corrected chi connectivity index (χ4v) is 6.98. The maximum absolute atomic E-state index is 13.8. The number of ether oxygens (including phenoxy) is 3. The second-order valence-electron chi connectivity index (χ2n) is 12.5. The molecule has 0 aliphatic carbocycles.